The minimum Gasteiger partial charge on any atom is -0.497 e. The van der Waals surface area contributed by atoms with Crippen molar-refractivity contribution >= 4 is 5.90 Å². The van der Waals surface area contributed by atoms with Crippen LogP contribution in [0.25, 0.3) is 11.3 Å². The van der Waals surface area contributed by atoms with Crippen molar-refractivity contribution in [3.05, 3.63) is 65.2 Å². The summed E-state index contributed by atoms with van der Waals surface area (Å²) in [4.78, 5) is 0. The zero-order valence-electron chi connectivity index (χ0n) is 18.1. The molecule has 2 aromatic carbocycles. The molecule has 162 valence electrons. The molecule has 6 heteroatoms. The van der Waals surface area contributed by atoms with Crippen molar-refractivity contribution in [2.75, 3.05) is 7.11 Å². The van der Waals surface area contributed by atoms with Crippen molar-refractivity contribution in [3.8, 4) is 29.0 Å². The largest absolute Gasteiger partial charge is 0.497 e. The van der Waals surface area contributed by atoms with Gasteiger partial charge in [0.05, 0.1) is 24.4 Å². The Morgan fingerprint density at radius 3 is 2.38 bits per heavy atom. The van der Waals surface area contributed by atoms with Crippen molar-refractivity contribution in [2.24, 2.45) is 5.92 Å². The van der Waals surface area contributed by atoms with E-state index in [9.17, 15) is 5.26 Å². The summed E-state index contributed by atoms with van der Waals surface area (Å²) in [6.45, 7) is 0. The van der Waals surface area contributed by atoms with Crippen molar-refractivity contribution in [1.29, 1.82) is 10.7 Å². The van der Waals surface area contributed by atoms with Crippen LogP contribution in [0.5, 0.6) is 11.6 Å². The predicted molar refractivity (Wildman–Crippen MR) is 122 cm³/mol. The van der Waals surface area contributed by atoms with Crippen LogP contribution in [0, 0.1) is 22.7 Å². The van der Waals surface area contributed by atoms with E-state index >= 15 is 0 Å². The number of benzene rings is 2. The van der Waals surface area contributed by atoms with Crippen LogP contribution in [0.15, 0.2) is 48.5 Å². The Morgan fingerprint density at radius 2 is 1.72 bits per heavy atom. The van der Waals surface area contributed by atoms with Gasteiger partial charge < -0.3 is 9.47 Å². The van der Waals surface area contributed by atoms with Crippen molar-refractivity contribution in [2.45, 2.75) is 43.9 Å². The van der Waals surface area contributed by atoms with Gasteiger partial charge in [-0.3, -0.25) is 10.5 Å². The lowest BCUT2D eigenvalue weighted by atomic mass is 9.78. The lowest BCUT2D eigenvalue weighted by molar-refractivity contribution is 0.414. The number of nitrogens with one attached hydrogen (secondary N) is 2. The van der Waals surface area contributed by atoms with Crippen LogP contribution < -0.4 is 9.47 Å². The average molecular weight is 427 g/mol. The molecule has 0 radical (unpaired) electrons. The summed E-state index contributed by atoms with van der Waals surface area (Å²) in [6, 6.07) is 18.6. The highest BCUT2D eigenvalue weighted by atomic mass is 16.5. The highest BCUT2D eigenvalue weighted by Gasteiger charge is 2.40. The maximum Gasteiger partial charge on any atom is 0.244 e. The van der Waals surface area contributed by atoms with Crippen LogP contribution in [0.3, 0.4) is 0 Å². The van der Waals surface area contributed by atoms with Gasteiger partial charge in [-0.2, -0.15) is 5.26 Å². The summed E-state index contributed by atoms with van der Waals surface area (Å²) in [5.74, 6) is 0.602. The SMILES string of the molecule is COc1ccc(C2c3c(n[nH]c3-c3ccc(C4CCCCC4)cc3)OC(=N)C2C#N)cc1. The van der Waals surface area contributed by atoms with Crippen LogP contribution in [0.2, 0.25) is 0 Å². The first-order chi connectivity index (χ1) is 15.7. The molecule has 0 bridgehead atoms. The molecule has 1 fully saturated rings. The van der Waals surface area contributed by atoms with Gasteiger partial charge in [0, 0.05) is 5.92 Å². The molecule has 1 aromatic heterocycles. The lowest BCUT2D eigenvalue weighted by Gasteiger charge is -2.28. The number of fused-ring (bicyclic) bond motifs is 1. The van der Waals surface area contributed by atoms with Crippen LogP contribution in [0.1, 0.15) is 60.6 Å². The molecule has 2 heterocycles. The van der Waals surface area contributed by atoms with Gasteiger partial charge >= 0.3 is 0 Å². The molecule has 3 aromatic rings. The van der Waals surface area contributed by atoms with Crippen LogP contribution in [-0.4, -0.2) is 23.2 Å². The maximum absolute atomic E-state index is 9.87. The van der Waals surface area contributed by atoms with Gasteiger partial charge in [-0.15, -0.1) is 5.10 Å². The molecule has 2 atom stereocenters. The number of aromatic nitrogens is 2. The second-order valence-corrected chi connectivity index (χ2v) is 8.60. The molecule has 2 aliphatic rings. The van der Waals surface area contributed by atoms with E-state index in [-0.39, 0.29) is 11.8 Å². The van der Waals surface area contributed by atoms with Gasteiger partial charge in [0.25, 0.3) is 0 Å². The third-order valence-electron chi connectivity index (χ3n) is 6.79. The Kier molecular flexibility index (Phi) is 5.40. The number of hydrogen-bond donors (Lipinski definition) is 2. The van der Waals surface area contributed by atoms with Crippen LogP contribution >= 0.6 is 0 Å². The van der Waals surface area contributed by atoms with E-state index in [1.165, 1.54) is 37.7 Å². The van der Waals surface area contributed by atoms with Gasteiger partial charge in [0.1, 0.15) is 11.7 Å². The normalized spacial score (nSPS) is 20.8. The van der Waals surface area contributed by atoms with E-state index in [1.54, 1.807) is 7.11 Å². The van der Waals surface area contributed by atoms with Gasteiger partial charge in [0.15, 0.2) is 0 Å². The molecule has 5 rings (SSSR count). The molecule has 1 aliphatic heterocycles. The summed E-state index contributed by atoms with van der Waals surface area (Å²) in [6.07, 6.45) is 6.48. The van der Waals surface area contributed by atoms with E-state index in [1.807, 2.05) is 24.3 Å². The van der Waals surface area contributed by atoms with Crippen molar-refractivity contribution in [3.63, 3.8) is 0 Å². The zero-order chi connectivity index (χ0) is 22.1. The zero-order valence-corrected chi connectivity index (χ0v) is 18.1. The quantitative estimate of drug-likeness (QED) is 0.553. The Balaban J connectivity index is 1.55. The molecule has 2 unspecified atom stereocenters. The Hall–Kier alpha value is -3.59. The minimum absolute atomic E-state index is 0.0773. The lowest BCUT2D eigenvalue weighted by Crippen LogP contribution is -2.30. The minimum atomic E-state index is -0.728. The Bertz CT molecular complexity index is 1150. The highest BCUT2D eigenvalue weighted by Crippen LogP contribution is 2.46. The molecule has 32 heavy (non-hydrogen) atoms. The fourth-order valence-electron chi connectivity index (χ4n) is 5.07. The number of H-pyrrole nitrogens is 1. The molecular weight excluding hydrogens is 400 g/mol. The third-order valence-corrected chi connectivity index (χ3v) is 6.79. The summed E-state index contributed by atoms with van der Waals surface area (Å²) >= 11 is 0. The first-order valence-corrected chi connectivity index (χ1v) is 11.2. The topological polar surface area (TPSA) is 94.8 Å². The van der Waals surface area contributed by atoms with E-state index < -0.39 is 5.92 Å². The average Bonchev–Trinajstić information content (AvgIpc) is 3.27. The highest BCUT2D eigenvalue weighted by molar-refractivity contribution is 5.86. The second kappa shape index (κ2) is 8.51. The number of methoxy groups -OCH3 is 1. The third kappa shape index (κ3) is 3.54. The summed E-state index contributed by atoms with van der Waals surface area (Å²) in [7, 11) is 1.63. The van der Waals surface area contributed by atoms with E-state index in [0.29, 0.717) is 11.8 Å². The molecular formula is C26H26N4O2. The summed E-state index contributed by atoms with van der Waals surface area (Å²) < 4.78 is 10.9. The number of hydrogen-bond acceptors (Lipinski definition) is 5. The van der Waals surface area contributed by atoms with E-state index in [4.69, 9.17) is 14.9 Å². The molecule has 6 nitrogen and oxygen atoms in total. The fraction of sp³-hybridized carbons (Fsp3) is 0.346. The Labute approximate surface area is 187 Å². The molecule has 2 N–H and O–H groups in total. The summed E-state index contributed by atoms with van der Waals surface area (Å²) in [5, 5.41) is 25.6. The van der Waals surface area contributed by atoms with Gasteiger partial charge in [-0.05, 0) is 47.6 Å². The number of ether oxygens (including phenoxy) is 2. The molecule has 0 amide bonds. The first kappa shape index (κ1) is 20.3. The van der Waals surface area contributed by atoms with E-state index in [2.05, 4.69) is 40.5 Å². The molecule has 1 aliphatic carbocycles. The number of nitriles is 1. The Morgan fingerprint density at radius 1 is 1.03 bits per heavy atom. The van der Waals surface area contributed by atoms with Gasteiger partial charge in [-0.25, -0.2) is 0 Å². The smallest absolute Gasteiger partial charge is 0.244 e. The fourth-order valence-corrected chi connectivity index (χ4v) is 5.07. The van der Waals surface area contributed by atoms with Gasteiger partial charge in [-0.1, -0.05) is 55.7 Å². The summed E-state index contributed by atoms with van der Waals surface area (Å²) in [5.41, 5.74) is 4.98. The predicted octanol–water partition coefficient (Wildman–Crippen LogP) is 5.77. The molecule has 0 saturated heterocycles. The monoisotopic (exact) mass is 426 g/mol. The standard InChI is InChI=1S/C26H26N4O2/c1-31-20-13-11-18(12-14-20)22-21(15-27)25(28)32-26-23(22)24(29-30-26)19-9-7-17(8-10-19)16-5-3-2-4-6-16/h7-14,16,21-22,28H,2-6H2,1H3,(H,29,30). The molecule has 0 spiro atoms. The van der Waals surface area contributed by atoms with Gasteiger partial charge in [0.2, 0.25) is 11.8 Å². The second-order valence-electron chi connectivity index (χ2n) is 8.60. The van der Waals surface area contributed by atoms with Crippen LogP contribution in [-0.2, 0) is 0 Å². The number of rotatable bonds is 4. The molecule has 1 saturated carbocycles. The van der Waals surface area contributed by atoms with E-state index in [0.717, 1.165) is 28.1 Å². The first-order valence-electron chi connectivity index (χ1n) is 11.2. The van der Waals surface area contributed by atoms with Crippen LogP contribution in [0.4, 0.5) is 0 Å². The maximum atomic E-state index is 9.87. The number of nitrogens with zero attached hydrogens (tertiary/aromatic N) is 2. The number of aromatic amines is 1. The van der Waals surface area contributed by atoms with Crippen molar-refractivity contribution in [1.82, 2.24) is 10.2 Å². The van der Waals surface area contributed by atoms with Crippen molar-refractivity contribution < 1.29 is 9.47 Å².